The third-order valence-electron chi connectivity index (χ3n) is 3.15. The summed E-state index contributed by atoms with van der Waals surface area (Å²) in [7, 11) is 2.43. The number of rotatable bonds is 3. The number of hydrogen-bond donors (Lipinski definition) is 0. The molecule has 2 rings (SSSR count). The summed E-state index contributed by atoms with van der Waals surface area (Å²) in [5, 5.41) is 9.21. The van der Waals surface area contributed by atoms with Crippen LogP contribution in [-0.4, -0.2) is 39.5 Å². The molecule has 114 valence electrons. The lowest BCUT2D eigenvalue weighted by atomic mass is 10.1. The largest absolute Gasteiger partial charge is 0.466 e. The van der Waals surface area contributed by atoms with Gasteiger partial charge < -0.3 is 19.1 Å². The maximum absolute atomic E-state index is 12.1. The van der Waals surface area contributed by atoms with E-state index in [4.69, 9.17) is 9.47 Å². The summed E-state index contributed by atoms with van der Waals surface area (Å²) in [4.78, 5) is 25.4. The van der Waals surface area contributed by atoms with Crippen LogP contribution in [0.2, 0.25) is 0 Å². The number of benzene rings is 1. The number of carbonyl (C=O) groups excluding carboxylic acids is 2. The molecule has 0 N–H and O–H groups in total. The molecular formula is C15H14N2O5. The van der Waals surface area contributed by atoms with Gasteiger partial charge in [0.1, 0.15) is 18.5 Å². The summed E-state index contributed by atoms with van der Waals surface area (Å²) >= 11 is 0. The Bertz CT molecular complexity index is 675. The number of hydrogen-bond acceptors (Lipinski definition) is 7. The zero-order chi connectivity index (χ0) is 16.1. The third-order valence-corrected chi connectivity index (χ3v) is 3.15. The zero-order valence-corrected chi connectivity index (χ0v) is 12.2. The Hall–Kier alpha value is -2.85. The first-order valence-corrected chi connectivity index (χ1v) is 6.38. The standard InChI is InChI=1S/C15H14N2O5/c1-20-14(18)11-8-22-9-17(13(11)15(19)21-2)12-6-4-3-5-10(12)7-16/h3-6H,8-9H2,1-2H3. The Morgan fingerprint density at radius 2 is 1.91 bits per heavy atom. The minimum absolute atomic E-state index is 0.0169. The molecule has 0 bridgehead atoms. The maximum Gasteiger partial charge on any atom is 0.355 e. The van der Waals surface area contributed by atoms with Crippen LogP contribution in [0.25, 0.3) is 0 Å². The summed E-state index contributed by atoms with van der Waals surface area (Å²) < 4.78 is 14.8. The van der Waals surface area contributed by atoms with E-state index in [1.165, 1.54) is 19.1 Å². The van der Waals surface area contributed by atoms with Gasteiger partial charge in [0.15, 0.2) is 0 Å². The smallest absolute Gasteiger partial charge is 0.355 e. The number of nitrogens with zero attached hydrogens (tertiary/aromatic N) is 2. The average Bonchev–Trinajstić information content (AvgIpc) is 2.59. The van der Waals surface area contributed by atoms with Crippen molar-refractivity contribution in [2.24, 2.45) is 0 Å². The van der Waals surface area contributed by atoms with E-state index in [1.54, 1.807) is 24.3 Å². The third kappa shape index (κ3) is 2.77. The summed E-state index contributed by atoms with van der Waals surface area (Å²) in [6.45, 7) is -0.0497. The van der Waals surface area contributed by atoms with Crippen LogP contribution >= 0.6 is 0 Å². The molecule has 0 aliphatic carbocycles. The Labute approximate surface area is 127 Å². The van der Waals surface area contributed by atoms with Gasteiger partial charge in [0, 0.05) is 0 Å². The molecule has 1 aliphatic heterocycles. The topological polar surface area (TPSA) is 88.9 Å². The molecule has 1 aromatic carbocycles. The number of ether oxygens (including phenoxy) is 3. The predicted octanol–water partition coefficient (Wildman–Crippen LogP) is 0.952. The van der Waals surface area contributed by atoms with Gasteiger partial charge in [-0.25, -0.2) is 9.59 Å². The van der Waals surface area contributed by atoms with Gasteiger partial charge in [0.05, 0.1) is 37.7 Å². The van der Waals surface area contributed by atoms with Gasteiger partial charge in [-0.3, -0.25) is 0 Å². The van der Waals surface area contributed by atoms with Crippen molar-refractivity contribution < 1.29 is 23.8 Å². The first-order valence-electron chi connectivity index (χ1n) is 6.38. The van der Waals surface area contributed by atoms with Crippen LogP contribution in [0.5, 0.6) is 0 Å². The van der Waals surface area contributed by atoms with E-state index in [-0.39, 0.29) is 24.6 Å². The Kier molecular flexibility index (Phi) is 4.76. The van der Waals surface area contributed by atoms with Crippen LogP contribution in [0.1, 0.15) is 5.56 Å². The molecule has 22 heavy (non-hydrogen) atoms. The molecular weight excluding hydrogens is 288 g/mol. The summed E-state index contributed by atoms with van der Waals surface area (Å²) in [6.07, 6.45) is 0. The van der Waals surface area contributed by atoms with Crippen LogP contribution in [-0.2, 0) is 23.8 Å². The van der Waals surface area contributed by atoms with Crippen molar-refractivity contribution in [1.82, 2.24) is 0 Å². The first kappa shape index (κ1) is 15.5. The van der Waals surface area contributed by atoms with Crippen LogP contribution in [0, 0.1) is 11.3 Å². The molecule has 0 fully saturated rings. The number of carbonyl (C=O) groups is 2. The highest BCUT2D eigenvalue weighted by Gasteiger charge is 2.33. The molecule has 0 amide bonds. The van der Waals surface area contributed by atoms with Crippen LogP contribution < -0.4 is 4.90 Å². The van der Waals surface area contributed by atoms with Gasteiger partial charge in [-0.1, -0.05) is 12.1 Å². The molecule has 1 aliphatic rings. The number of anilines is 1. The van der Waals surface area contributed by atoms with Crippen molar-refractivity contribution in [3.63, 3.8) is 0 Å². The Balaban J connectivity index is 2.61. The van der Waals surface area contributed by atoms with E-state index in [0.29, 0.717) is 11.3 Å². The van der Waals surface area contributed by atoms with Crippen molar-refractivity contribution in [2.45, 2.75) is 0 Å². The quantitative estimate of drug-likeness (QED) is 0.768. The summed E-state index contributed by atoms with van der Waals surface area (Å²) in [6, 6.07) is 8.73. The second-order valence-corrected chi connectivity index (χ2v) is 4.34. The summed E-state index contributed by atoms with van der Waals surface area (Å²) in [5.41, 5.74) is 0.863. The monoisotopic (exact) mass is 302 g/mol. The van der Waals surface area contributed by atoms with Gasteiger partial charge in [-0.2, -0.15) is 5.26 Å². The highest BCUT2D eigenvalue weighted by molar-refractivity contribution is 6.03. The number of para-hydroxylation sites is 1. The van der Waals surface area contributed by atoms with E-state index in [1.807, 2.05) is 6.07 Å². The van der Waals surface area contributed by atoms with Crippen molar-refractivity contribution in [3.05, 3.63) is 41.1 Å². The van der Waals surface area contributed by atoms with Gasteiger partial charge in [0.25, 0.3) is 0 Å². The number of nitriles is 1. The molecule has 0 saturated heterocycles. The molecule has 7 nitrogen and oxygen atoms in total. The number of methoxy groups -OCH3 is 2. The van der Waals surface area contributed by atoms with Gasteiger partial charge in [-0.15, -0.1) is 0 Å². The molecule has 0 saturated carbocycles. The van der Waals surface area contributed by atoms with Gasteiger partial charge in [0.2, 0.25) is 0 Å². The molecule has 1 aromatic rings. The van der Waals surface area contributed by atoms with E-state index in [2.05, 4.69) is 4.74 Å². The normalized spacial score (nSPS) is 14.3. The molecule has 0 radical (unpaired) electrons. The van der Waals surface area contributed by atoms with Crippen molar-refractivity contribution in [2.75, 3.05) is 32.5 Å². The lowest BCUT2D eigenvalue weighted by molar-refractivity contribution is -0.140. The molecule has 0 atom stereocenters. The molecule has 7 heteroatoms. The second-order valence-electron chi connectivity index (χ2n) is 4.34. The molecule has 0 spiro atoms. The highest BCUT2D eigenvalue weighted by atomic mass is 16.5. The van der Waals surface area contributed by atoms with Crippen molar-refractivity contribution >= 4 is 17.6 Å². The summed E-state index contributed by atoms with van der Waals surface area (Å²) in [5.74, 6) is -1.38. The van der Waals surface area contributed by atoms with E-state index in [0.717, 1.165) is 0 Å². The second kappa shape index (κ2) is 6.74. The van der Waals surface area contributed by atoms with Crippen LogP contribution in [0.3, 0.4) is 0 Å². The maximum atomic E-state index is 12.1. The van der Waals surface area contributed by atoms with Crippen molar-refractivity contribution in [3.8, 4) is 6.07 Å². The van der Waals surface area contributed by atoms with E-state index >= 15 is 0 Å². The van der Waals surface area contributed by atoms with Crippen molar-refractivity contribution in [1.29, 1.82) is 5.26 Å². The minimum atomic E-state index is -0.698. The fourth-order valence-electron chi connectivity index (χ4n) is 2.14. The zero-order valence-electron chi connectivity index (χ0n) is 12.2. The first-order chi connectivity index (χ1) is 10.6. The lowest BCUT2D eigenvalue weighted by Crippen LogP contribution is -2.39. The highest BCUT2D eigenvalue weighted by Crippen LogP contribution is 2.29. The Morgan fingerprint density at radius 1 is 1.23 bits per heavy atom. The van der Waals surface area contributed by atoms with E-state index < -0.39 is 11.9 Å². The lowest BCUT2D eigenvalue weighted by Gasteiger charge is -2.31. The SMILES string of the molecule is COC(=O)C1=C(C(=O)OC)N(c2ccccc2C#N)COC1. The Morgan fingerprint density at radius 3 is 2.55 bits per heavy atom. The number of esters is 2. The van der Waals surface area contributed by atoms with E-state index in [9.17, 15) is 14.9 Å². The fourth-order valence-corrected chi connectivity index (χ4v) is 2.14. The molecule has 1 heterocycles. The predicted molar refractivity (Wildman–Crippen MR) is 75.5 cm³/mol. The van der Waals surface area contributed by atoms with Gasteiger partial charge in [-0.05, 0) is 12.1 Å². The molecule has 0 aromatic heterocycles. The van der Waals surface area contributed by atoms with Crippen LogP contribution in [0.4, 0.5) is 5.69 Å². The fraction of sp³-hybridized carbons (Fsp3) is 0.267. The molecule has 0 unspecified atom stereocenters. The minimum Gasteiger partial charge on any atom is -0.466 e. The van der Waals surface area contributed by atoms with Gasteiger partial charge >= 0.3 is 11.9 Å². The van der Waals surface area contributed by atoms with Crippen LogP contribution in [0.15, 0.2) is 35.5 Å². The average molecular weight is 302 g/mol.